The fourth-order valence-electron chi connectivity index (χ4n) is 7.62. The maximum Gasteiger partial charge on any atom is 0.120 e. The van der Waals surface area contributed by atoms with Crippen molar-refractivity contribution in [1.82, 2.24) is 4.57 Å². The Labute approximate surface area is 268 Å². The molecule has 0 N–H and O–H groups in total. The van der Waals surface area contributed by atoms with Gasteiger partial charge in [0.25, 0.3) is 0 Å². The van der Waals surface area contributed by atoms with E-state index < -0.39 is 0 Å². The Kier molecular flexibility index (Phi) is 6.17. The van der Waals surface area contributed by atoms with E-state index >= 15 is 0 Å². The van der Waals surface area contributed by atoms with Crippen molar-refractivity contribution in [2.24, 2.45) is 0 Å². The van der Waals surface area contributed by atoms with Crippen molar-refractivity contribution in [2.45, 2.75) is 12.0 Å². The summed E-state index contributed by atoms with van der Waals surface area (Å²) in [7, 11) is 1.76. The molecule has 0 saturated heterocycles. The number of anilines is 2. The van der Waals surface area contributed by atoms with Gasteiger partial charge in [-0.25, -0.2) is 0 Å². The van der Waals surface area contributed by atoms with Crippen molar-refractivity contribution >= 4 is 33.2 Å². The van der Waals surface area contributed by atoms with Gasteiger partial charge in [-0.05, 0) is 65.2 Å². The lowest BCUT2D eigenvalue weighted by Crippen LogP contribution is -2.28. The lowest BCUT2D eigenvalue weighted by Gasteiger charge is -2.30. The first-order valence-electron chi connectivity index (χ1n) is 15.9. The number of allylic oxidation sites excluding steroid dienone is 2. The van der Waals surface area contributed by atoms with Crippen molar-refractivity contribution in [3.63, 3.8) is 0 Å². The Morgan fingerprint density at radius 1 is 0.522 bits per heavy atom. The number of rotatable bonds is 5. The molecule has 1 aromatic heterocycles. The Morgan fingerprint density at radius 3 is 1.76 bits per heavy atom. The normalized spacial score (nSPS) is 16.6. The first kappa shape index (κ1) is 26.6. The minimum Gasteiger partial charge on any atom is -0.497 e. The van der Waals surface area contributed by atoms with Crippen molar-refractivity contribution < 1.29 is 4.74 Å². The van der Waals surface area contributed by atoms with E-state index in [9.17, 15) is 0 Å². The Balaban J connectivity index is 1.24. The van der Waals surface area contributed by atoms with Crippen LogP contribution in [0.15, 0.2) is 164 Å². The van der Waals surface area contributed by atoms with Crippen LogP contribution in [-0.2, 0) is 0 Å². The number of para-hydroxylation sites is 5. The lowest BCUT2D eigenvalue weighted by atomic mass is 9.91. The van der Waals surface area contributed by atoms with Crippen LogP contribution in [0.1, 0.15) is 11.5 Å². The molecule has 2 unspecified atom stereocenters. The minimum atomic E-state index is 0.227. The molecule has 3 heteroatoms. The van der Waals surface area contributed by atoms with Crippen molar-refractivity contribution in [1.29, 1.82) is 0 Å². The Bertz CT molecular complexity index is 2290. The van der Waals surface area contributed by atoms with E-state index in [0.29, 0.717) is 5.92 Å². The number of nitrogens with zero attached hydrogens (tertiary/aromatic N) is 2. The van der Waals surface area contributed by atoms with Crippen LogP contribution in [0.3, 0.4) is 0 Å². The lowest BCUT2D eigenvalue weighted by molar-refractivity contribution is 0.415. The molecule has 1 aliphatic carbocycles. The smallest absolute Gasteiger partial charge is 0.120 e. The van der Waals surface area contributed by atoms with Gasteiger partial charge in [-0.3, -0.25) is 0 Å². The molecular formula is C43H32N2O. The van der Waals surface area contributed by atoms with Crippen LogP contribution in [-0.4, -0.2) is 17.7 Å². The predicted octanol–water partition coefficient (Wildman–Crippen LogP) is 10.9. The van der Waals surface area contributed by atoms with Crippen molar-refractivity contribution in [3.8, 4) is 33.7 Å². The molecular weight excluding hydrogens is 560 g/mol. The largest absolute Gasteiger partial charge is 0.497 e. The standard InChI is InChI=1S/C43H32N2O/c1-46-31-27-29(32-14-2-8-20-38(32)44-40-22-10-4-16-34(40)35-17-5-11-23-41(35)44)26-30(28-31)33-15-3-9-21-39(33)45-42-24-12-6-18-36(42)37-19-7-13-25-43(37)45/h2-28,34,40H,1H3. The molecule has 9 rings (SSSR count). The molecule has 0 spiro atoms. The van der Waals surface area contributed by atoms with Gasteiger partial charge in [-0.2, -0.15) is 0 Å². The third-order valence-corrected chi connectivity index (χ3v) is 9.61. The second-order valence-electron chi connectivity index (χ2n) is 12.1. The highest BCUT2D eigenvalue weighted by Gasteiger charge is 2.37. The Hall–Kier alpha value is -5.80. The van der Waals surface area contributed by atoms with E-state index in [0.717, 1.165) is 28.1 Å². The van der Waals surface area contributed by atoms with Gasteiger partial charge in [0.2, 0.25) is 0 Å². The summed E-state index contributed by atoms with van der Waals surface area (Å²) in [6, 6.07) is 50.6. The van der Waals surface area contributed by atoms with Crippen LogP contribution < -0.4 is 9.64 Å². The first-order chi connectivity index (χ1) is 22.8. The third kappa shape index (κ3) is 4.05. The summed E-state index contributed by atoms with van der Waals surface area (Å²) >= 11 is 0. The molecule has 0 fully saturated rings. The molecule has 0 saturated carbocycles. The van der Waals surface area contributed by atoms with Gasteiger partial charge in [0, 0.05) is 39.2 Å². The van der Waals surface area contributed by atoms with Gasteiger partial charge in [0.1, 0.15) is 5.75 Å². The SMILES string of the molecule is COc1cc(-c2ccccc2N2c3ccccc3C3C=CC=CC32)cc(-c2ccccc2-n2c3ccccc3c3ccccc32)c1. The van der Waals surface area contributed by atoms with Crippen molar-refractivity contribution in [2.75, 3.05) is 12.0 Å². The summed E-state index contributed by atoms with van der Waals surface area (Å²) in [4.78, 5) is 2.51. The highest BCUT2D eigenvalue weighted by atomic mass is 16.5. The molecule has 0 radical (unpaired) electrons. The topological polar surface area (TPSA) is 17.4 Å². The quantitative estimate of drug-likeness (QED) is 0.198. The second kappa shape index (κ2) is 10.7. The molecule has 1 aliphatic heterocycles. The van der Waals surface area contributed by atoms with Crippen LogP contribution in [0, 0.1) is 0 Å². The van der Waals surface area contributed by atoms with E-state index in [4.69, 9.17) is 4.74 Å². The fourth-order valence-corrected chi connectivity index (χ4v) is 7.62. The van der Waals surface area contributed by atoms with Crippen LogP contribution in [0.25, 0.3) is 49.7 Å². The number of ether oxygens (including phenoxy) is 1. The van der Waals surface area contributed by atoms with Gasteiger partial charge in [-0.1, -0.05) is 115 Å². The molecule has 0 bridgehead atoms. The maximum atomic E-state index is 5.98. The number of hydrogen-bond donors (Lipinski definition) is 0. The van der Waals surface area contributed by atoms with Crippen LogP contribution >= 0.6 is 0 Å². The maximum absolute atomic E-state index is 5.98. The third-order valence-electron chi connectivity index (χ3n) is 9.61. The van der Waals surface area contributed by atoms with Crippen LogP contribution in [0.2, 0.25) is 0 Å². The highest BCUT2D eigenvalue weighted by Crippen LogP contribution is 2.50. The molecule has 0 amide bonds. The van der Waals surface area contributed by atoms with E-state index in [1.54, 1.807) is 7.11 Å². The second-order valence-corrected chi connectivity index (χ2v) is 12.1. The number of benzene rings is 6. The zero-order chi connectivity index (χ0) is 30.6. The summed E-state index contributed by atoms with van der Waals surface area (Å²) < 4.78 is 8.38. The molecule has 7 aromatic rings. The molecule has 220 valence electrons. The summed E-state index contributed by atoms with van der Waals surface area (Å²) in [6.45, 7) is 0. The molecule has 46 heavy (non-hydrogen) atoms. The van der Waals surface area contributed by atoms with E-state index in [1.807, 2.05) is 0 Å². The fraction of sp³-hybridized carbons (Fsp3) is 0.0698. The van der Waals surface area contributed by atoms with E-state index in [1.165, 1.54) is 44.3 Å². The van der Waals surface area contributed by atoms with Gasteiger partial charge in [0.15, 0.2) is 0 Å². The number of aromatic nitrogens is 1. The summed E-state index contributed by atoms with van der Waals surface area (Å²) in [5, 5.41) is 2.51. The molecule has 2 aliphatic rings. The minimum absolute atomic E-state index is 0.227. The molecule has 3 nitrogen and oxygen atoms in total. The van der Waals surface area contributed by atoms with Crippen LogP contribution in [0.4, 0.5) is 11.4 Å². The number of hydrogen-bond acceptors (Lipinski definition) is 2. The number of methoxy groups -OCH3 is 1. The van der Waals surface area contributed by atoms with E-state index in [-0.39, 0.29) is 6.04 Å². The summed E-state index contributed by atoms with van der Waals surface area (Å²) in [5.41, 5.74) is 11.9. The van der Waals surface area contributed by atoms with E-state index in [2.05, 4.69) is 173 Å². The zero-order valence-electron chi connectivity index (χ0n) is 25.5. The van der Waals surface area contributed by atoms with Gasteiger partial charge in [0.05, 0.1) is 29.9 Å². The highest BCUT2D eigenvalue weighted by molar-refractivity contribution is 6.09. The summed E-state index contributed by atoms with van der Waals surface area (Å²) in [5.74, 6) is 1.16. The molecule has 6 aromatic carbocycles. The first-order valence-corrected chi connectivity index (χ1v) is 15.9. The average Bonchev–Trinajstić information content (AvgIpc) is 3.64. The van der Waals surface area contributed by atoms with Gasteiger partial charge in [-0.15, -0.1) is 0 Å². The monoisotopic (exact) mass is 592 g/mol. The van der Waals surface area contributed by atoms with Crippen molar-refractivity contribution in [3.05, 3.63) is 169 Å². The average molecular weight is 593 g/mol. The Morgan fingerprint density at radius 2 is 1.07 bits per heavy atom. The predicted molar refractivity (Wildman–Crippen MR) is 192 cm³/mol. The summed E-state index contributed by atoms with van der Waals surface area (Å²) in [6.07, 6.45) is 9.02. The molecule has 2 heterocycles. The zero-order valence-corrected chi connectivity index (χ0v) is 25.5. The van der Waals surface area contributed by atoms with Gasteiger partial charge < -0.3 is 14.2 Å². The molecule has 2 atom stereocenters. The van der Waals surface area contributed by atoms with Gasteiger partial charge >= 0.3 is 0 Å². The number of fused-ring (bicyclic) bond motifs is 6. The van der Waals surface area contributed by atoms with Crippen LogP contribution in [0.5, 0.6) is 5.75 Å².